The summed E-state index contributed by atoms with van der Waals surface area (Å²) in [5.74, 6) is 0.177. The zero-order valence-corrected chi connectivity index (χ0v) is 14.5. The Morgan fingerprint density at radius 2 is 2.17 bits per heavy atom. The highest BCUT2D eigenvalue weighted by Gasteiger charge is 2.19. The Morgan fingerprint density at radius 1 is 1.38 bits per heavy atom. The van der Waals surface area contributed by atoms with Gasteiger partial charge in [0.15, 0.2) is 11.6 Å². The number of hydrogen-bond acceptors (Lipinski definition) is 3. The average Bonchev–Trinajstić information content (AvgIpc) is 3.18. The molecule has 7 heteroatoms. The van der Waals surface area contributed by atoms with Gasteiger partial charge in [-0.1, -0.05) is 18.5 Å². The lowest BCUT2D eigenvalue weighted by molar-refractivity contribution is 0.387. The molecule has 0 radical (unpaired) electrons. The molecule has 2 aromatic heterocycles. The summed E-state index contributed by atoms with van der Waals surface area (Å²) in [6.45, 7) is 2.09. The summed E-state index contributed by atoms with van der Waals surface area (Å²) in [5.41, 5.74) is 1.67. The van der Waals surface area contributed by atoms with Crippen LogP contribution in [0.25, 0.3) is 11.4 Å². The lowest BCUT2D eigenvalue weighted by Gasteiger charge is -2.18. The molecule has 1 aromatic carbocycles. The number of imidazole rings is 1. The Kier molecular flexibility index (Phi) is 4.57. The van der Waals surface area contributed by atoms with Crippen molar-refractivity contribution in [1.82, 2.24) is 19.3 Å². The molecule has 2 heterocycles. The van der Waals surface area contributed by atoms with Crippen molar-refractivity contribution >= 4 is 11.6 Å². The second kappa shape index (κ2) is 6.65. The highest BCUT2D eigenvalue weighted by atomic mass is 35.5. The molecule has 5 nitrogen and oxygen atoms in total. The van der Waals surface area contributed by atoms with E-state index in [1.54, 1.807) is 16.9 Å². The van der Waals surface area contributed by atoms with Crippen molar-refractivity contribution in [3.63, 3.8) is 0 Å². The highest BCUT2D eigenvalue weighted by Crippen LogP contribution is 2.34. The van der Waals surface area contributed by atoms with E-state index in [2.05, 4.69) is 17.0 Å². The molecule has 126 valence electrons. The van der Waals surface area contributed by atoms with E-state index in [4.69, 9.17) is 16.3 Å². The van der Waals surface area contributed by atoms with Crippen molar-refractivity contribution in [3.8, 4) is 17.1 Å². The quantitative estimate of drug-likeness (QED) is 0.697. The number of benzene rings is 1. The molecule has 1 atom stereocenters. The molecule has 0 spiro atoms. The fourth-order valence-electron chi connectivity index (χ4n) is 2.88. The maximum Gasteiger partial charge on any atom is 0.173 e. The molecular formula is C17H18ClFN4O. The predicted octanol–water partition coefficient (Wildman–Crippen LogP) is 4.08. The summed E-state index contributed by atoms with van der Waals surface area (Å²) in [4.78, 5) is 4.39. The van der Waals surface area contributed by atoms with Crippen LogP contribution in [0.15, 0.2) is 36.9 Å². The minimum Gasteiger partial charge on any atom is -0.492 e. The number of nitrogens with zero attached hydrogens (tertiary/aromatic N) is 4. The zero-order valence-electron chi connectivity index (χ0n) is 13.7. The van der Waals surface area contributed by atoms with E-state index in [1.807, 2.05) is 30.2 Å². The molecule has 0 N–H and O–H groups in total. The zero-order chi connectivity index (χ0) is 17.3. The van der Waals surface area contributed by atoms with Crippen LogP contribution in [0.3, 0.4) is 0 Å². The molecule has 24 heavy (non-hydrogen) atoms. The van der Waals surface area contributed by atoms with Gasteiger partial charge in [-0.05, 0) is 18.6 Å². The van der Waals surface area contributed by atoms with E-state index < -0.39 is 5.82 Å². The first-order valence-electron chi connectivity index (χ1n) is 7.60. The van der Waals surface area contributed by atoms with Gasteiger partial charge >= 0.3 is 0 Å². The van der Waals surface area contributed by atoms with E-state index in [0.717, 1.165) is 12.0 Å². The van der Waals surface area contributed by atoms with E-state index in [9.17, 15) is 4.39 Å². The third kappa shape index (κ3) is 2.89. The Hall–Kier alpha value is -2.34. The molecule has 0 aliphatic rings. The molecule has 3 rings (SSSR count). The summed E-state index contributed by atoms with van der Waals surface area (Å²) in [5, 5.41) is 4.45. The Balaban J connectivity index is 2.07. The van der Waals surface area contributed by atoms with E-state index in [0.29, 0.717) is 11.4 Å². The number of ether oxygens (including phenoxy) is 1. The van der Waals surface area contributed by atoms with Gasteiger partial charge in [-0.2, -0.15) is 5.10 Å². The van der Waals surface area contributed by atoms with Crippen molar-refractivity contribution in [3.05, 3.63) is 53.3 Å². The number of rotatable bonds is 5. The van der Waals surface area contributed by atoms with Gasteiger partial charge < -0.3 is 9.30 Å². The first-order valence-corrected chi connectivity index (χ1v) is 7.97. The van der Waals surface area contributed by atoms with Crippen LogP contribution in [-0.2, 0) is 7.05 Å². The summed E-state index contributed by atoms with van der Waals surface area (Å²) >= 11 is 6.12. The fraction of sp³-hybridized carbons (Fsp3) is 0.294. The molecule has 0 saturated heterocycles. The second-order valence-electron chi connectivity index (χ2n) is 5.50. The molecule has 0 aliphatic heterocycles. The number of methoxy groups -OCH3 is 1. The first kappa shape index (κ1) is 16.5. The predicted molar refractivity (Wildman–Crippen MR) is 90.8 cm³/mol. The van der Waals surface area contributed by atoms with Crippen LogP contribution in [0.2, 0.25) is 5.02 Å². The van der Waals surface area contributed by atoms with Gasteiger partial charge in [0.2, 0.25) is 0 Å². The van der Waals surface area contributed by atoms with Gasteiger partial charge in [0.1, 0.15) is 5.82 Å². The molecule has 0 amide bonds. The van der Waals surface area contributed by atoms with Crippen LogP contribution in [0.1, 0.15) is 24.9 Å². The standard InChI is InChI=1S/C17H18ClFN4O/c1-4-15(12-9-21-22(2)10-12)23-6-5-20-17(23)11-7-13(18)16(24-3)14(19)8-11/h5-10,15H,4H2,1-3H3. The average molecular weight is 349 g/mol. The molecule has 0 aliphatic carbocycles. The van der Waals surface area contributed by atoms with E-state index >= 15 is 0 Å². The molecule has 0 saturated carbocycles. The van der Waals surface area contributed by atoms with Crippen molar-refractivity contribution in [2.45, 2.75) is 19.4 Å². The topological polar surface area (TPSA) is 44.9 Å². The minimum absolute atomic E-state index is 0.0397. The van der Waals surface area contributed by atoms with Crippen LogP contribution in [0.5, 0.6) is 5.75 Å². The monoisotopic (exact) mass is 348 g/mol. The molecule has 0 bridgehead atoms. The van der Waals surface area contributed by atoms with Crippen molar-refractivity contribution < 1.29 is 9.13 Å². The maximum atomic E-state index is 14.2. The van der Waals surface area contributed by atoms with Crippen LogP contribution in [0.4, 0.5) is 4.39 Å². The SMILES string of the molecule is CCC(c1cnn(C)c1)n1ccnc1-c1cc(F)c(OC)c(Cl)c1. The summed E-state index contributed by atoms with van der Waals surface area (Å²) in [7, 11) is 3.27. The van der Waals surface area contributed by atoms with E-state index in [1.165, 1.54) is 13.2 Å². The van der Waals surface area contributed by atoms with Gasteiger partial charge in [0, 0.05) is 36.8 Å². The maximum absolute atomic E-state index is 14.2. The summed E-state index contributed by atoms with van der Waals surface area (Å²) in [6, 6.07) is 3.11. The Labute approximate surface area is 144 Å². The Morgan fingerprint density at radius 3 is 2.75 bits per heavy atom. The summed E-state index contributed by atoms with van der Waals surface area (Å²) < 4.78 is 22.9. The third-order valence-electron chi connectivity index (χ3n) is 3.96. The molecular weight excluding hydrogens is 331 g/mol. The van der Waals surface area contributed by atoms with Crippen LogP contribution in [0, 0.1) is 5.82 Å². The number of hydrogen-bond donors (Lipinski definition) is 0. The number of aryl methyl sites for hydroxylation is 1. The second-order valence-corrected chi connectivity index (χ2v) is 5.91. The summed E-state index contributed by atoms with van der Waals surface area (Å²) in [6.07, 6.45) is 8.23. The number of halogens is 2. The van der Waals surface area contributed by atoms with Gasteiger partial charge in [0.25, 0.3) is 0 Å². The first-order chi connectivity index (χ1) is 11.5. The van der Waals surface area contributed by atoms with Gasteiger partial charge in [0.05, 0.1) is 24.4 Å². The van der Waals surface area contributed by atoms with Crippen LogP contribution in [-0.4, -0.2) is 26.4 Å². The smallest absolute Gasteiger partial charge is 0.173 e. The largest absolute Gasteiger partial charge is 0.492 e. The van der Waals surface area contributed by atoms with Crippen LogP contribution < -0.4 is 4.74 Å². The third-order valence-corrected chi connectivity index (χ3v) is 4.24. The Bertz CT molecular complexity index is 835. The lowest BCUT2D eigenvalue weighted by atomic mass is 10.1. The van der Waals surface area contributed by atoms with Gasteiger partial charge in [-0.25, -0.2) is 9.37 Å². The molecule has 0 fully saturated rings. The van der Waals surface area contributed by atoms with Crippen molar-refractivity contribution in [2.75, 3.05) is 7.11 Å². The number of aromatic nitrogens is 4. The van der Waals surface area contributed by atoms with Crippen molar-refractivity contribution in [1.29, 1.82) is 0 Å². The van der Waals surface area contributed by atoms with Crippen molar-refractivity contribution in [2.24, 2.45) is 7.05 Å². The minimum atomic E-state index is -0.510. The molecule has 3 aromatic rings. The van der Waals surface area contributed by atoms with Gasteiger partial charge in [-0.15, -0.1) is 0 Å². The van der Waals surface area contributed by atoms with E-state index in [-0.39, 0.29) is 16.8 Å². The fourth-order valence-corrected chi connectivity index (χ4v) is 3.16. The normalized spacial score (nSPS) is 12.4. The highest BCUT2D eigenvalue weighted by molar-refractivity contribution is 6.32. The van der Waals surface area contributed by atoms with Crippen LogP contribution >= 0.6 is 11.6 Å². The van der Waals surface area contributed by atoms with Gasteiger partial charge in [-0.3, -0.25) is 4.68 Å². The lowest BCUT2D eigenvalue weighted by Crippen LogP contribution is -2.10. The molecule has 1 unspecified atom stereocenters.